The fourth-order valence-corrected chi connectivity index (χ4v) is 3.40. The number of hydrogen-bond donors (Lipinski definition) is 2. The molecular weight excluding hydrogens is 278 g/mol. The van der Waals surface area contributed by atoms with Gasteiger partial charge in [-0.1, -0.05) is 0 Å². The van der Waals surface area contributed by atoms with Gasteiger partial charge in [0.05, 0.1) is 12.8 Å². The zero-order chi connectivity index (χ0) is 14.6. The summed E-state index contributed by atoms with van der Waals surface area (Å²) in [7, 11) is -1.94. The van der Waals surface area contributed by atoms with Crippen molar-refractivity contribution in [2.75, 3.05) is 24.5 Å². The Kier molecular flexibility index (Phi) is 4.85. The Morgan fingerprint density at radius 3 is 2.50 bits per heavy atom. The number of rotatable bonds is 8. The van der Waals surface area contributed by atoms with Crippen molar-refractivity contribution in [2.45, 2.75) is 25.3 Å². The van der Waals surface area contributed by atoms with Gasteiger partial charge in [0.15, 0.2) is 0 Å². The second-order valence-corrected chi connectivity index (χ2v) is 6.44. The monoisotopic (exact) mass is 299 g/mol. The summed E-state index contributed by atoms with van der Waals surface area (Å²) in [5.41, 5.74) is 6.11. The highest BCUT2D eigenvalue weighted by Crippen LogP contribution is 2.25. The predicted octanol–water partition coefficient (Wildman–Crippen LogP) is 0.847. The van der Waals surface area contributed by atoms with Crippen molar-refractivity contribution in [3.63, 3.8) is 0 Å². The third-order valence-corrected chi connectivity index (χ3v) is 4.71. The minimum absolute atomic E-state index is 0.0821. The molecule has 0 radical (unpaired) electrons. The molecule has 0 saturated heterocycles. The molecule has 3 N–H and O–H groups in total. The lowest BCUT2D eigenvalue weighted by Crippen LogP contribution is -2.42. The maximum absolute atomic E-state index is 12.4. The van der Waals surface area contributed by atoms with Gasteiger partial charge in [-0.3, -0.25) is 4.31 Å². The van der Waals surface area contributed by atoms with Crippen LogP contribution >= 0.6 is 0 Å². The van der Waals surface area contributed by atoms with Crippen molar-refractivity contribution >= 4 is 15.9 Å². The fourth-order valence-electron chi connectivity index (χ4n) is 1.85. The van der Waals surface area contributed by atoms with Gasteiger partial charge < -0.3 is 10.5 Å². The Hall–Kier alpha value is -1.31. The van der Waals surface area contributed by atoms with Crippen LogP contribution in [0.2, 0.25) is 0 Å². The van der Waals surface area contributed by atoms with E-state index in [0.717, 1.165) is 12.8 Å². The van der Waals surface area contributed by atoms with Crippen LogP contribution in [0.1, 0.15) is 19.3 Å². The Labute approximate surface area is 120 Å². The Balaban J connectivity index is 2.20. The highest BCUT2D eigenvalue weighted by atomic mass is 32.2. The van der Waals surface area contributed by atoms with E-state index in [1.54, 1.807) is 31.4 Å². The number of nitrogens with zero attached hydrogens (tertiary/aromatic N) is 1. The number of benzene rings is 1. The summed E-state index contributed by atoms with van der Waals surface area (Å²) in [6.07, 6.45) is 2.43. The van der Waals surface area contributed by atoms with Gasteiger partial charge in [-0.05, 0) is 50.1 Å². The predicted molar refractivity (Wildman–Crippen MR) is 79.1 cm³/mol. The molecule has 7 heteroatoms. The second-order valence-electron chi connectivity index (χ2n) is 4.81. The molecule has 1 fully saturated rings. The first-order chi connectivity index (χ1) is 9.56. The van der Waals surface area contributed by atoms with Crippen LogP contribution in [-0.4, -0.2) is 34.7 Å². The second kappa shape index (κ2) is 6.43. The van der Waals surface area contributed by atoms with E-state index in [1.807, 2.05) is 0 Å². The van der Waals surface area contributed by atoms with Crippen molar-refractivity contribution in [2.24, 2.45) is 5.73 Å². The maximum Gasteiger partial charge on any atom is 0.301 e. The molecule has 0 aromatic heterocycles. The largest absolute Gasteiger partial charge is 0.497 e. The SMILES string of the molecule is COc1ccc(N(CCCN)S(=O)(=O)NC2CC2)cc1. The number of nitrogens with one attached hydrogen (secondary N) is 1. The first-order valence-corrected chi connectivity index (χ1v) is 8.15. The molecule has 0 heterocycles. The van der Waals surface area contributed by atoms with Crippen LogP contribution in [0, 0.1) is 0 Å². The molecule has 112 valence electrons. The van der Waals surface area contributed by atoms with Crippen molar-refractivity contribution in [1.82, 2.24) is 4.72 Å². The molecule has 0 bridgehead atoms. The Morgan fingerprint density at radius 2 is 2.00 bits per heavy atom. The van der Waals surface area contributed by atoms with Crippen LogP contribution in [0.4, 0.5) is 5.69 Å². The van der Waals surface area contributed by atoms with Crippen LogP contribution in [-0.2, 0) is 10.2 Å². The first kappa shape index (κ1) is 15.1. The van der Waals surface area contributed by atoms with Crippen LogP contribution in [0.3, 0.4) is 0 Å². The van der Waals surface area contributed by atoms with Crippen LogP contribution in [0.25, 0.3) is 0 Å². The summed E-state index contributed by atoms with van der Waals surface area (Å²) in [5, 5.41) is 0. The van der Waals surface area contributed by atoms with Crippen LogP contribution in [0.15, 0.2) is 24.3 Å². The molecule has 0 atom stereocenters. The topological polar surface area (TPSA) is 84.7 Å². The van der Waals surface area contributed by atoms with Crippen LogP contribution in [0.5, 0.6) is 5.75 Å². The number of nitrogens with two attached hydrogens (primary N) is 1. The van der Waals surface area contributed by atoms with Gasteiger partial charge in [-0.2, -0.15) is 13.1 Å². The highest BCUT2D eigenvalue weighted by molar-refractivity contribution is 7.90. The van der Waals surface area contributed by atoms with Gasteiger partial charge in [0.1, 0.15) is 5.75 Å². The van der Waals surface area contributed by atoms with Crippen molar-refractivity contribution in [1.29, 1.82) is 0 Å². The van der Waals surface area contributed by atoms with Gasteiger partial charge in [-0.15, -0.1) is 0 Å². The molecule has 0 amide bonds. The molecule has 1 aliphatic rings. The minimum Gasteiger partial charge on any atom is -0.497 e. The van der Waals surface area contributed by atoms with E-state index in [2.05, 4.69) is 4.72 Å². The van der Waals surface area contributed by atoms with Gasteiger partial charge in [0.2, 0.25) is 0 Å². The van der Waals surface area contributed by atoms with Crippen molar-refractivity contribution < 1.29 is 13.2 Å². The number of anilines is 1. The molecule has 2 rings (SSSR count). The molecule has 0 aliphatic heterocycles. The molecule has 1 saturated carbocycles. The fraction of sp³-hybridized carbons (Fsp3) is 0.538. The molecule has 1 aromatic rings. The summed E-state index contributed by atoms with van der Waals surface area (Å²) >= 11 is 0. The van der Waals surface area contributed by atoms with E-state index in [-0.39, 0.29) is 6.04 Å². The quantitative estimate of drug-likeness (QED) is 0.745. The number of hydrogen-bond acceptors (Lipinski definition) is 4. The van der Waals surface area contributed by atoms with Crippen LogP contribution < -0.4 is 19.5 Å². The standard InChI is InChI=1S/C13H21N3O3S/c1-19-13-7-5-12(6-8-13)16(10-2-9-14)20(17,18)15-11-3-4-11/h5-8,11,15H,2-4,9-10,14H2,1H3. The van der Waals surface area contributed by atoms with E-state index < -0.39 is 10.2 Å². The van der Waals surface area contributed by atoms with Gasteiger partial charge >= 0.3 is 10.2 Å². The Bertz CT molecular complexity index is 526. The first-order valence-electron chi connectivity index (χ1n) is 6.71. The number of ether oxygens (including phenoxy) is 1. The van der Waals surface area contributed by atoms with E-state index >= 15 is 0 Å². The maximum atomic E-state index is 12.4. The zero-order valence-corrected chi connectivity index (χ0v) is 12.4. The third kappa shape index (κ3) is 3.84. The molecule has 6 nitrogen and oxygen atoms in total. The summed E-state index contributed by atoms with van der Waals surface area (Å²) in [6.45, 7) is 0.816. The lowest BCUT2D eigenvalue weighted by Gasteiger charge is -2.24. The van der Waals surface area contributed by atoms with Gasteiger partial charge in [0.25, 0.3) is 0 Å². The minimum atomic E-state index is -3.52. The zero-order valence-electron chi connectivity index (χ0n) is 11.6. The number of methoxy groups -OCH3 is 1. The average Bonchev–Trinajstić information content (AvgIpc) is 3.23. The molecule has 1 aromatic carbocycles. The molecule has 20 heavy (non-hydrogen) atoms. The van der Waals surface area contributed by atoms with Gasteiger partial charge in [-0.25, -0.2) is 0 Å². The van der Waals surface area contributed by atoms with E-state index in [1.165, 1.54) is 4.31 Å². The molecule has 1 aliphatic carbocycles. The average molecular weight is 299 g/mol. The summed E-state index contributed by atoms with van der Waals surface area (Å²) < 4.78 is 33.9. The Morgan fingerprint density at radius 1 is 1.35 bits per heavy atom. The molecule has 0 spiro atoms. The van der Waals surface area contributed by atoms with Gasteiger partial charge in [0, 0.05) is 12.6 Å². The normalized spacial score (nSPS) is 15.1. The lowest BCUT2D eigenvalue weighted by atomic mass is 10.3. The third-order valence-electron chi connectivity index (χ3n) is 3.11. The van der Waals surface area contributed by atoms with Crippen molar-refractivity contribution in [3.05, 3.63) is 24.3 Å². The lowest BCUT2D eigenvalue weighted by molar-refractivity contribution is 0.415. The molecular formula is C13H21N3O3S. The highest BCUT2D eigenvalue weighted by Gasteiger charge is 2.31. The summed E-state index contributed by atoms with van der Waals surface area (Å²) in [4.78, 5) is 0. The summed E-state index contributed by atoms with van der Waals surface area (Å²) in [5.74, 6) is 0.695. The van der Waals surface area contributed by atoms with E-state index in [0.29, 0.717) is 30.9 Å². The van der Waals surface area contributed by atoms with E-state index in [4.69, 9.17) is 10.5 Å². The van der Waals surface area contributed by atoms with Crippen molar-refractivity contribution in [3.8, 4) is 5.75 Å². The molecule has 0 unspecified atom stereocenters. The summed E-state index contributed by atoms with van der Waals surface area (Å²) in [6, 6.07) is 7.05. The van der Waals surface area contributed by atoms with E-state index in [9.17, 15) is 8.42 Å². The smallest absolute Gasteiger partial charge is 0.301 e.